The molecule has 0 bridgehead atoms. The molecule has 0 spiro atoms. The van der Waals surface area contributed by atoms with Crippen LogP contribution in [0.1, 0.15) is 45.2 Å². The van der Waals surface area contributed by atoms with E-state index >= 15 is 0 Å². The first-order valence-corrected chi connectivity index (χ1v) is 7.48. The number of hydrogen-bond donors (Lipinski definition) is 1. The maximum atomic E-state index is 12.7. The molecule has 1 saturated heterocycles. The summed E-state index contributed by atoms with van der Waals surface area (Å²) in [6, 6.07) is 3.33. The molecule has 5 nitrogen and oxygen atoms in total. The Hall–Kier alpha value is -1.91. The second-order valence-corrected chi connectivity index (χ2v) is 5.99. The Bertz CT molecular complexity index is 502. The molecule has 2 unspecified atom stereocenters. The molecule has 21 heavy (non-hydrogen) atoms. The third-order valence-electron chi connectivity index (χ3n) is 3.84. The summed E-state index contributed by atoms with van der Waals surface area (Å²) in [5.41, 5.74) is 0.989. The highest BCUT2D eigenvalue weighted by atomic mass is 16.2. The van der Waals surface area contributed by atoms with Gasteiger partial charge < -0.3 is 10.2 Å². The van der Waals surface area contributed by atoms with E-state index in [1.54, 1.807) is 17.3 Å². The van der Waals surface area contributed by atoms with Crippen molar-refractivity contribution in [1.29, 1.82) is 0 Å². The van der Waals surface area contributed by atoms with Gasteiger partial charge in [-0.05, 0) is 30.9 Å². The average Bonchev–Trinajstić information content (AvgIpc) is 2.59. The molecule has 114 valence electrons. The smallest absolute Gasteiger partial charge is 0.245 e. The number of carbonyl (C=O) groups excluding carboxylic acids is 2. The Morgan fingerprint density at radius 1 is 1.38 bits per heavy atom. The fourth-order valence-electron chi connectivity index (χ4n) is 2.68. The molecule has 0 aliphatic carbocycles. The topological polar surface area (TPSA) is 62.3 Å². The van der Waals surface area contributed by atoms with Gasteiger partial charge in [0, 0.05) is 25.4 Å². The van der Waals surface area contributed by atoms with E-state index in [0.717, 1.165) is 5.56 Å². The van der Waals surface area contributed by atoms with Gasteiger partial charge in [-0.15, -0.1) is 0 Å². The van der Waals surface area contributed by atoms with Crippen molar-refractivity contribution < 1.29 is 9.59 Å². The van der Waals surface area contributed by atoms with Gasteiger partial charge in [-0.3, -0.25) is 14.6 Å². The maximum Gasteiger partial charge on any atom is 0.245 e. The van der Waals surface area contributed by atoms with Crippen LogP contribution in [0.15, 0.2) is 24.5 Å². The molecule has 0 saturated carbocycles. The van der Waals surface area contributed by atoms with E-state index in [4.69, 9.17) is 0 Å². The molecule has 2 amide bonds. The van der Waals surface area contributed by atoms with Gasteiger partial charge in [0.1, 0.15) is 6.04 Å². The first-order chi connectivity index (χ1) is 9.99. The molecule has 1 aliphatic heterocycles. The van der Waals surface area contributed by atoms with E-state index in [-0.39, 0.29) is 17.9 Å². The molecule has 1 N–H and O–H groups in total. The predicted molar refractivity (Wildman–Crippen MR) is 80.4 cm³/mol. The van der Waals surface area contributed by atoms with E-state index in [0.29, 0.717) is 25.3 Å². The van der Waals surface area contributed by atoms with Gasteiger partial charge in [-0.25, -0.2) is 0 Å². The number of hydrogen-bond acceptors (Lipinski definition) is 3. The monoisotopic (exact) mass is 289 g/mol. The fourth-order valence-corrected chi connectivity index (χ4v) is 2.68. The summed E-state index contributed by atoms with van der Waals surface area (Å²) in [6.45, 7) is 6.55. The van der Waals surface area contributed by atoms with Crippen LogP contribution in [0.25, 0.3) is 0 Å². The van der Waals surface area contributed by atoms with E-state index in [1.165, 1.54) is 0 Å². The van der Waals surface area contributed by atoms with Crippen molar-refractivity contribution >= 4 is 11.8 Å². The molecule has 1 aromatic rings. The van der Waals surface area contributed by atoms with Crippen molar-refractivity contribution in [3.05, 3.63) is 30.1 Å². The van der Waals surface area contributed by atoms with Crippen molar-refractivity contribution in [2.75, 3.05) is 6.54 Å². The minimum atomic E-state index is -0.417. The quantitative estimate of drug-likeness (QED) is 0.921. The average molecular weight is 289 g/mol. The van der Waals surface area contributed by atoms with Crippen molar-refractivity contribution in [2.24, 2.45) is 5.92 Å². The van der Waals surface area contributed by atoms with Gasteiger partial charge in [0.2, 0.25) is 11.8 Å². The lowest BCUT2D eigenvalue weighted by Gasteiger charge is -2.30. The van der Waals surface area contributed by atoms with E-state index in [1.807, 2.05) is 19.1 Å². The van der Waals surface area contributed by atoms with E-state index in [2.05, 4.69) is 24.1 Å². The molecule has 5 heteroatoms. The number of pyridine rings is 1. The second-order valence-electron chi connectivity index (χ2n) is 5.99. The molecule has 2 atom stereocenters. The molecule has 2 heterocycles. The van der Waals surface area contributed by atoms with Gasteiger partial charge in [-0.2, -0.15) is 0 Å². The van der Waals surface area contributed by atoms with E-state index < -0.39 is 6.04 Å². The highest BCUT2D eigenvalue weighted by molar-refractivity contribution is 5.90. The standard InChI is InChI=1S/C16H23N3O2/c1-11(2)9-14-16(21)19(8-6-15(20)18-14)12(3)13-5-4-7-17-10-13/h4-5,7,10-12,14H,6,8-9H2,1-3H3,(H,18,20). The number of aromatic nitrogens is 1. The normalized spacial score (nSPS) is 21.1. The number of nitrogens with one attached hydrogen (secondary N) is 1. The van der Waals surface area contributed by atoms with Gasteiger partial charge in [0.05, 0.1) is 6.04 Å². The number of nitrogens with zero attached hydrogens (tertiary/aromatic N) is 2. The van der Waals surface area contributed by atoms with Crippen molar-refractivity contribution in [2.45, 2.75) is 45.7 Å². The number of amides is 2. The number of carbonyl (C=O) groups is 2. The first-order valence-electron chi connectivity index (χ1n) is 7.48. The summed E-state index contributed by atoms with van der Waals surface area (Å²) in [6.07, 6.45) is 4.51. The Morgan fingerprint density at radius 2 is 2.14 bits per heavy atom. The van der Waals surface area contributed by atoms with Crippen LogP contribution >= 0.6 is 0 Å². The van der Waals surface area contributed by atoms with Crippen LogP contribution in [0.4, 0.5) is 0 Å². The van der Waals surface area contributed by atoms with Crippen LogP contribution < -0.4 is 5.32 Å². The Labute approximate surface area is 125 Å². The zero-order valence-electron chi connectivity index (χ0n) is 12.9. The van der Waals surface area contributed by atoms with Gasteiger partial charge in [0.15, 0.2) is 0 Å². The molecule has 0 radical (unpaired) electrons. The zero-order chi connectivity index (χ0) is 15.4. The van der Waals surface area contributed by atoms with Crippen LogP contribution in [0.5, 0.6) is 0 Å². The lowest BCUT2D eigenvalue weighted by Crippen LogP contribution is -2.46. The molecule has 1 fully saturated rings. The van der Waals surface area contributed by atoms with Gasteiger partial charge >= 0.3 is 0 Å². The van der Waals surface area contributed by atoms with Crippen LogP contribution in [0.3, 0.4) is 0 Å². The SMILES string of the molecule is CC(C)CC1NC(=O)CCN(C(C)c2cccnc2)C1=O. The number of rotatable bonds is 4. The third kappa shape index (κ3) is 3.80. The van der Waals surface area contributed by atoms with Crippen molar-refractivity contribution in [3.8, 4) is 0 Å². The molecule has 0 aromatic carbocycles. The Kier molecular flexibility index (Phi) is 4.94. The molecular formula is C16H23N3O2. The third-order valence-corrected chi connectivity index (χ3v) is 3.84. The van der Waals surface area contributed by atoms with Gasteiger partial charge in [-0.1, -0.05) is 19.9 Å². The summed E-state index contributed by atoms with van der Waals surface area (Å²) in [7, 11) is 0. The Balaban J connectivity index is 2.21. The van der Waals surface area contributed by atoms with Crippen molar-refractivity contribution in [1.82, 2.24) is 15.2 Å². The first kappa shape index (κ1) is 15.5. The second kappa shape index (κ2) is 6.70. The minimum Gasteiger partial charge on any atom is -0.344 e. The zero-order valence-corrected chi connectivity index (χ0v) is 12.9. The fraction of sp³-hybridized carbons (Fsp3) is 0.562. The van der Waals surface area contributed by atoms with E-state index in [9.17, 15) is 9.59 Å². The molecular weight excluding hydrogens is 266 g/mol. The van der Waals surface area contributed by atoms with Crippen LogP contribution in [-0.2, 0) is 9.59 Å². The highest BCUT2D eigenvalue weighted by Gasteiger charge is 2.33. The summed E-state index contributed by atoms with van der Waals surface area (Å²) in [5.74, 6) is 0.314. The van der Waals surface area contributed by atoms with Crippen molar-refractivity contribution in [3.63, 3.8) is 0 Å². The summed E-state index contributed by atoms with van der Waals surface area (Å²) < 4.78 is 0. The predicted octanol–water partition coefficient (Wildman–Crippen LogP) is 1.91. The van der Waals surface area contributed by atoms with Crippen LogP contribution in [-0.4, -0.2) is 34.3 Å². The summed E-state index contributed by atoms with van der Waals surface area (Å²) in [4.78, 5) is 30.5. The molecule has 2 rings (SSSR count). The summed E-state index contributed by atoms with van der Waals surface area (Å²) >= 11 is 0. The molecule has 1 aliphatic rings. The summed E-state index contributed by atoms with van der Waals surface area (Å²) in [5, 5.41) is 2.85. The maximum absolute atomic E-state index is 12.7. The highest BCUT2D eigenvalue weighted by Crippen LogP contribution is 2.23. The Morgan fingerprint density at radius 3 is 2.76 bits per heavy atom. The van der Waals surface area contributed by atoms with Gasteiger partial charge in [0.25, 0.3) is 0 Å². The largest absolute Gasteiger partial charge is 0.344 e. The van der Waals surface area contributed by atoms with Crippen LogP contribution in [0.2, 0.25) is 0 Å². The molecule has 1 aromatic heterocycles. The lowest BCUT2D eigenvalue weighted by molar-refractivity contribution is -0.135. The van der Waals surface area contributed by atoms with Crippen LogP contribution in [0, 0.1) is 5.92 Å². The lowest BCUT2D eigenvalue weighted by atomic mass is 10.0. The minimum absolute atomic E-state index is 0.00547.